The second-order valence-corrected chi connectivity index (χ2v) is 6.54. The number of hydrogen-bond acceptors (Lipinski definition) is 2. The normalized spacial score (nSPS) is 13.5. The Bertz CT molecular complexity index is 726. The van der Waals surface area contributed by atoms with Crippen molar-refractivity contribution in [2.75, 3.05) is 5.32 Å². The van der Waals surface area contributed by atoms with Crippen LogP contribution in [-0.2, 0) is 0 Å². The van der Waals surface area contributed by atoms with Crippen molar-refractivity contribution in [3.8, 4) is 0 Å². The van der Waals surface area contributed by atoms with Gasteiger partial charge < -0.3 is 10.6 Å². The Balaban J connectivity index is 1.72. The number of rotatable bonds is 4. The van der Waals surface area contributed by atoms with Crippen molar-refractivity contribution >= 4 is 40.1 Å². The molecule has 2 aromatic rings. The molecule has 112 valence electrons. The van der Waals surface area contributed by atoms with Gasteiger partial charge >= 0.3 is 0 Å². The van der Waals surface area contributed by atoms with E-state index in [9.17, 15) is 9.59 Å². The SMILES string of the molecule is O=C(Nc1cccc(C(=O)NC2CC2)c1)c1cccc(I)c1. The number of nitrogens with one attached hydrogen (secondary N) is 2. The summed E-state index contributed by atoms with van der Waals surface area (Å²) >= 11 is 2.17. The third-order valence-electron chi connectivity index (χ3n) is 3.38. The summed E-state index contributed by atoms with van der Waals surface area (Å²) in [7, 11) is 0. The molecule has 1 aliphatic rings. The zero-order chi connectivity index (χ0) is 15.5. The lowest BCUT2D eigenvalue weighted by Crippen LogP contribution is -2.25. The van der Waals surface area contributed by atoms with Crippen LogP contribution in [0, 0.1) is 3.57 Å². The summed E-state index contributed by atoms with van der Waals surface area (Å²) < 4.78 is 1.00. The van der Waals surface area contributed by atoms with E-state index < -0.39 is 0 Å². The summed E-state index contributed by atoms with van der Waals surface area (Å²) in [5.41, 5.74) is 1.78. The molecule has 0 aromatic heterocycles. The van der Waals surface area contributed by atoms with Gasteiger partial charge in [0.25, 0.3) is 11.8 Å². The Kier molecular flexibility index (Phi) is 4.42. The average Bonchev–Trinajstić information content (AvgIpc) is 3.31. The van der Waals surface area contributed by atoms with Crippen LogP contribution >= 0.6 is 22.6 Å². The van der Waals surface area contributed by atoms with Gasteiger partial charge in [-0.05, 0) is 71.8 Å². The molecule has 5 heteroatoms. The number of hydrogen-bond donors (Lipinski definition) is 2. The minimum Gasteiger partial charge on any atom is -0.349 e. The molecule has 2 aromatic carbocycles. The molecule has 0 bridgehead atoms. The molecule has 2 amide bonds. The van der Waals surface area contributed by atoms with E-state index >= 15 is 0 Å². The van der Waals surface area contributed by atoms with Crippen molar-refractivity contribution in [3.05, 3.63) is 63.2 Å². The molecule has 2 N–H and O–H groups in total. The van der Waals surface area contributed by atoms with E-state index in [1.807, 2.05) is 18.2 Å². The van der Waals surface area contributed by atoms with Gasteiger partial charge in [0, 0.05) is 26.4 Å². The molecule has 22 heavy (non-hydrogen) atoms. The Morgan fingerprint density at radius 1 is 0.955 bits per heavy atom. The molecular weight excluding hydrogens is 391 g/mol. The Hall–Kier alpha value is -1.89. The molecule has 0 heterocycles. The molecule has 3 rings (SSSR count). The van der Waals surface area contributed by atoms with Crippen LogP contribution in [0.4, 0.5) is 5.69 Å². The monoisotopic (exact) mass is 406 g/mol. The molecule has 1 fully saturated rings. The first kappa shape index (κ1) is 15.0. The van der Waals surface area contributed by atoms with Gasteiger partial charge in [0.15, 0.2) is 0 Å². The largest absolute Gasteiger partial charge is 0.349 e. The van der Waals surface area contributed by atoms with Crippen LogP contribution in [0.5, 0.6) is 0 Å². The number of benzene rings is 2. The van der Waals surface area contributed by atoms with E-state index in [2.05, 4.69) is 33.2 Å². The molecule has 0 saturated heterocycles. The van der Waals surface area contributed by atoms with Crippen LogP contribution in [0.3, 0.4) is 0 Å². The molecule has 0 aliphatic heterocycles. The highest BCUT2D eigenvalue weighted by atomic mass is 127. The van der Waals surface area contributed by atoms with Gasteiger partial charge in [-0.25, -0.2) is 0 Å². The topological polar surface area (TPSA) is 58.2 Å². The fourth-order valence-electron chi connectivity index (χ4n) is 2.07. The van der Waals surface area contributed by atoms with Crippen LogP contribution in [0.25, 0.3) is 0 Å². The van der Waals surface area contributed by atoms with Crippen LogP contribution in [0.1, 0.15) is 33.6 Å². The van der Waals surface area contributed by atoms with Gasteiger partial charge in [0.1, 0.15) is 0 Å². The predicted octanol–water partition coefficient (Wildman–Crippen LogP) is 3.44. The first-order chi connectivity index (χ1) is 10.6. The number of anilines is 1. The van der Waals surface area contributed by atoms with Crippen molar-refractivity contribution in [2.45, 2.75) is 18.9 Å². The quantitative estimate of drug-likeness (QED) is 0.765. The van der Waals surface area contributed by atoms with Crippen molar-refractivity contribution in [3.63, 3.8) is 0 Å². The molecule has 0 spiro atoms. The van der Waals surface area contributed by atoms with Crippen LogP contribution < -0.4 is 10.6 Å². The van der Waals surface area contributed by atoms with E-state index in [1.165, 1.54) is 0 Å². The summed E-state index contributed by atoms with van der Waals surface area (Å²) in [6.07, 6.45) is 2.10. The first-order valence-corrected chi connectivity index (χ1v) is 8.17. The van der Waals surface area contributed by atoms with Gasteiger partial charge in [0.2, 0.25) is 0 Å². The second-order valence-electron chi connectivity index (χ2n) is 5.29. The fourth-order valence-corrected chi connectivity index (χ4v) is 2.61. The van der Waals surface area contributed by atoms with Crippen molar-refractivity contribution in [2.24, 2.45) is 0 Å². The van der Waals surface area contributed by atoms with Crippen molar-refractivity contribution < 1.29 is 9.59 Å². The molecule has 1 aliphatic carbocycles. The van der Waals surface area contributed by atoms with Crippen LogP contribution in [-0.4, -0.2) is 17.9 Å². The maximum atomic E-state index is 12.2. The summed E-state index contributed by atoms with van der Waals surface area (Å²) in [5.74, 6) is -0.272. The summed E-state index contributed by atoms with van der Waals surface area (Å²) in [4.78, 5) is 24.2. The second kappa shape index (κ2) is 6.48. The standard InChI is InChI=1S/C17H15IN2O2/c18-13-5-1-3-11(9-13)16(21)20-15-6-2-4-12(10-15)17(22)19-14-7-8-14/h1-6,9-10,14H,7-8H2,(H,19,22)(H,20,21). The van der Waals surface area contributed by atoms with Gasteiger partial charge in [-0.1, -0.05) is 12.1 Å². The van der Waals surface area contributed by atoms with Crippen molar-refractivity contribution in [1.29, 1.82) is 0 Å². The van der Waals surface area contributed by atoms with E-state index in [0.29, 0.717) is 22.9 Å². The molecule has 1 saturated carbocycles. The smallest absolute Gasteiger partial charge is 0.255 e. The third kappa shape index (κ3) is 3.85. The molecule has 0 atom stereocenters. The van der Waals surface area contributed by atoms with Gasteiger partial charge in [0.05, 0.1) is 0 Å². The lowest BCUT2D eigenvalue weighted by atomic mass is 10.1. The van der Waals surface area contributed by atoms with Crippen LogP contribution in [0.2, 0.25) is 0 Å². The lowest BCUT2D eigenvalue weighted by Gasteiger charge is -2.08. The third-order valence-corrected chi connectivity index (χ3v) is 4.05. The lowest BCUT2D eigenvalue weighted by molar-refractivity contribution is 0.0949. The number of carbonyl (C=O) groups excluding carboxylic acids is 2. The van der Waals surface area contributed by atoms with Gasteiger partial charge in [-0.15, -0.1) is 0 Å². The highest BCUT2D eigenvalue weighted by molar-refractivity contribution is 14.1. The maximum Gasteiger partial charge on any atom is 0.255 e. The Morgan fingerprint density at radius 3 is 2.32 bits per heavy atom. The summed E-state index contributed by atoms with van der Waals surface area (Å²) in [6.45, 7) is 0. The number of carbonyl (C=O) groups is 2. The number of halogens is 1. The zero-order valence-electron chi connectivity index (χ0n) is 11.8. The fraction of sp³-hybridized carbons (Fsp3) is 0.176. The summed E-state index contributed by atoms with van der Waals surface area (Å²) in [5, 5.41) is 5.76. The van der Waals surface area contributed by atoms with E-state index in [4.69, 9.17) is 0 Å². The van der Waals surface area contributed by atoms with E-state index in [-0.39, 0.29) is 11.8 Å². The first-order valence-electron chi connectivity index (χ1n) is 7.10. The van der Waals surface area contributed by atoms with Gasteiger partial charge in [-0.3, -0.25) is 9.59 Å². The molecular formula is C17H15IN2O2. The maximum absolute atomic E-state index is 12.2. The average molecular weight is 406 g/mol. The number of amides is 2. The predicted molar refractivity (Wildman–Crippen MR) is 94.0 cm³/mol. The molecule has 4 nitrogen and oxygen atoms in total. The highest BCUT2D eigenvalue weighted by Crippen LogP contribution is 2.20. The van der Waals surface area contributed by atoms with Gasteiger partial charge in [-0.2, -0.15) is 0 Å². The van der Waals surface area contributed by atoms with Crippen LogP contribution in [0.15, 0.2) is 48.5 Å². The van der Waals surface area contributed by atoms with Crippen molar-refractivity contribution in [1.82, 2.24) is 5.32 Å². The van der Waals surface area contributed by atoms with E-state index in [0.717, 1.165) is 16.4 Å². The minimum atomic E-state index is -0.182. The zero-order valence-corrected chi connectivity index (χ0v) is 14.0. The highest BCUT2D eigenvalue weighted by Gasteiger charge is 2.23. The minimum absolute atomic E-state index is 0.0899. The molecule has 0 radical (unpaired) electrons. The molecule has 0 unspecified atom stereocenters. The summed E-state index contributed by atoms with van der Waals surface area (Å²) in [6, 6.07) is 14.7. The Morgan fingerprint density at radius 2 is 1.64 bits per heavy atom. The Labute approximate surface area is 142 Å². The van der Waals surface area contributed by atoms with E-state index in [1.54, 1.807) is 30.3 Å².